The lowest BCUT2D eigenvalue weighted by Crippen LogP contribution is -2.17. The van der Waals surface area contributed by atoms with E-state index in [0.717, 1.165) is 25.3 Å². The Bertz CT molecular complexity index is 211. The molecule has 0 aromatic carbocycles. The van der Waals surface area contributed by atoms with Crippen molar-refractivity contribution in [1.29, 1.82) is 0 Å². The maximum atomic E-state index is 13.2. The molecule has 2 nitrogen and oxygen atoms in total. The summed E-state index contributed by atoms with van der Waals surface area (Å²) in [5, 5.41) is 0. The molecule has 4 heteroatoms. The molecule has 0 radical (unpaired) electrons. The fourth-order valence-corrected chi connectivity index (χ4v) is 2.37. The van der Waals surface area contributed by atoms with Crippen LogP contribution in [0.25, 0.3) is 0 Å². The topological polar surface area (TPSA) is 26.3 Å². The van der Waals surface area contributed by atoms with Gasteiger partial charge < -0.3 is 8.84 Å². The highest BCUT2D eigenvalue weighted by molar-refractivity contribution is 6.70. The fraction of sp³-hybridized carbons (Fsp3) is 0.727. The van der Waals surface area contributed by atoms with Gasteiger partial charge in [0.1, 0.15) is 0 Å². The molecule has 0 aliphatic carbocycles. The molecule has 0 bridgehead atoms. The normalized spacial score (nSPS) is 13.3. The zero-order chi connectivity index (χ0) is 11.9. The Morgan fingerprint density at radius 2 is 2.13 bits per heavy atom. The molecule has 0 spiro atoms. The van der Waals surface area contributed by atoms with Crippen LogP contribution in [0.2, 0.25) is 19.1 Å². The van der Waals surface area contributed by atoms with Gasteiger partial charge in [0.2, 0.25) is 8.41 Å². The predicted molar refractivity (Wildman–Crippen MR) is 63.0 cm³/mol. The Hall–Kier alpha value is -0.643. The van der Waals surface area contributed by atoms with Crippen molar-refractivity contribution < 1.29 is 13.6 Å². The van der Waals surface area contributed by atoms with Crippen LogP contribution < -0.4 is 0 Å². The Morgan fingerprint density at radius 1 is 1.53 bits per heavy atom. The monoisotopic (exact) mass is 232 g/mol. The van der Waals surface area contributed by atoms with Crippen LogP contribution in [0.15, 0.2) is 12.7 Å². The smallest absolute Gasteiger partial charge is 0.330 e. The van der Waals surface area contributed by atoms with E-state index in [9.17, 15) is 8.90 Å². The largest absolute Gasteiger partial charge is 0.460 e. The van der Waals surface area contributed by atoms with E-state index in [1.807, 2.05) is 6.92 Å². The average Bonchev–Trinajstić information content (AvgIpc) is 2.11. The highest BCUT2D eigenvalue weighted by Crippen LogP contribution is 2.16. The summed E-state index contributed by atoms with van der Waals surface area (Å²) in [5.41, 5.74) is 0. The van der Waals surface area contributed by atoms with Gasteiger partial charge in [-0.25, -0.2) is 4.79 Å². The van der Waals surface area contributed by atoms with Crippen LogP contribution in [0, 0.1) is 0 Å². The molecule has 0 aliphatic heterocycles. The van der Waals surface area contributed by atoms with Crippen molar-refractivity contribution >= 4 is 14.4 Å². The lowest BCUT2D eigenvalue weighted by Gasteiger charge is -2.13. The van der Waals surface area contributed by atoms with Crippen molar-refractivity contribution in [3.8, 4) is 0 Å². The first-order valence-corrected chi connectivity index (χ1v) is 8.45. The quantitative estimate of drug-likeness (QED) is 0.221. The number of carbonyl (C=O) groups is 1. The number of ether oxygens (including phenoxy) is 1. The molecule has 15 heavy (non-hydrogen) atoms. The zero-order valence-corrected chi connectivity index (χ0v) is 10.9. The Balaban J connectivity index is 3.51. The van der Waals surface area contributed by atoms with Crippen LogP contribution in [0.4, 0.5) is 4.11 Å². The minimum atomic E-state index is -2.39. The summed E-state index contributed by atoms with van der Waals surface area (Å²) in [7, 11) is -2.39. The van der Waals surface area contributed by atoms with Gasteiger partial charge in [-0.1, -0.05) is 13.0 Å². The van der Waals surface area contributed by atoms with Crippen molar-refractivity contribution in [2.45, 2.75) is 51.4 Å². The summed E-state index contributed by atoms with van der Waals surface area (Å²) in [6.07, 6.45) is 3.65. The van der Waals surface area contributed by atoms with Gasteiger partial charge in [-0.15, -0.1) is 0 Å². The van der Waals surface area contributed by atoms with Crippen LogP contribution in [0.5, 0.6) is 0 Å². The summed E-state index contributed by atoms with van der Waals surface area (Å²) >= 11 is 0. The molecule has 1 atom stereocenters. The molecule has 0 amide bonds. The molecule has 0 aliphatic rings. The van der Waals surface area contributed by atoms with E-state index in [1.54, 1.807) is 13.1 Å². The number of hydrogen-bond donors (Lipinski definition) is 0. The molecule has 0 saturated carbocycles. The lowest BCUT2D eigenvalue weighted by atomic mass is 10.2. The molecule has 0 fully saturated rings. The number of halogens is 1. The Labute approximate surface area is 92.7 Å². The second kappa shape index (κ2) is 6.77. The third-order valence-corrected chi connectivity index (χ3v) is 3.66. The van der Waals surface area contributed by atoms with E-state index in [2.05, 4.69) is 6.58 Å². The first-order chi connectivity index (χ1) is 6.85. The van der Waals surface area contributed by atoms with Crippen molar-refractivity contribution in [2.24, 2.45) is 0 Å². The highest BCUT2D eigenvalue weighted by Gasteiger charge is 2.19. The Morgan fingerprint density at radius 3 is 2.60 bits per heavy atom. The molecular weight excluding hydrogens is 211 g/mol. The van der Waals surface area contributed by atoms with Crippen molar-refractivity contribution in [3.05, 3.63) is 12.7 Å². The summed E-state index contributed by atoms with van der Waals surface area (Å²) in [6, 6.07) is 0.690. The fourth-order valence-electron chi connectivity index (χ4n) is 1.28. The number of unbranched alkanes of at least 4 members (excludes halogenated alkanes) is 1. The van der Waals surface area contributed by atoms with E-state index < -0.39 is 8.41 Å². The van der Waals surface area contributed by atoms with E-state index in [4.69, 9.17) is 4.74 Å². The maximum absolute atomic E-state index is 13.2. The maximum Gasteiger partial charge on any atom is 0.330 e. The van der Waals surface area contributed by atoms with E-state index in [0.29, 0.717) is 6.04 Å². The van der Waals surface area contributed by atoms with Gasteiger partial charge in [-0.3, -0.25) is 0 Å². The van der Waals surface area contributed by atoms with Gasteiger partial charge in [0.25, 0.3) is 0 Å². The van der Waals surface area contributed by atoms with E-state index >= 15 is 0 Å². The lowest BCUT2D eigenvalue weighted by molar-refractivity contribution is -0.142. The van der Waals surface area contributed by atoms with E-state index in [-0.39, 0.29) is 12.1 Å². The molecule has 0 heterocycles. The Kier molecular flexibility index (Phi) is 6.48. The van der Waals surface area contributed by atoms with Gasteiger partial charge in [0.05, 0.1) is 6.10 Å². The van der Waals surface area contributed by atoms with Crippen LogP contribution in [0.3, 0.4) is 0 Å². The third kappa shape index (κ3) is 9.66. The predicted octanol–water partition coefficient (Wildman–Crippen LogP) is 3.45. The second-order valence-electron chi connectivity index (χ2n) is 4.42. The molecule has 0 aromatic rings. The van der Waals surface area contributed by atoms with Crippen molar-refractivity contribution in [3.63, 3.8) is 0 Å². The van der Waals surface area contributed by atoms with Crippen molar-refractivity contribution in [1.82, 2.24) is 0 Å². The van der Waals surface area contributed by atoms with Crippen LogP contribution in [-0.2, 0) is 9.53 Å². The van der Waals surface area contributed by atoms with E-state index in [1.165, 1.54) is 0 Å². The average molecular weight is 232 g/mol. The molecule has 1 unspecified atom stereocenters. The van der Waals surface area contributed by atoms with Gasteiger partial charge in [-0.05, 0) is 38.9 Å². The van der Waals surface area contributed by atoms with Gasteiger partial charge in [0.15, 0.2) is 0 Å². The molecule has 0 rings (SSSR count). The van der Waals surface area contributed by atoms with Crippen molar-refractivity contribution in [2.75, 3.05) is 0 Å². The molecular formula is C11H21FO2Si. The van der Waals surface area contributed by atoms with Crippen LogP contribution >= 0.6 is 0 Å². The molecule has 0 aromatic heterocycles. The molecule has 0 N–H and O–H groups in total. The number of hydrogen-bond acceptors (Lipinski definition) is 2. The second-order valence-corrected chi connectivity index (χ2v) is 8.35. The highest BCUT2D eigenvalue weighted by atomic mass is 28.4. The summed E-state index contributed by atoms with van der Waals surface area (Å²) in [4.78, 5) is 10.8. The summed E-state index contributed by atoms with van der Waals surface area (Å²) in [5.74, 6) is -0.386. The first kappa shape index (κ1) is 14.4. The zero-order valence-electron chi connectivity index (χ0n) is 9.88. The SMILES string of the molecule is C=CC(=O)OC(C)CCCC[Si](C)(C)F. The summed E-state index contributed by atoms with van der Waals surface area (Å²) < 4.78 is 18.2. The van der Waals surface area contributed by atoms with Crippen LogP contribution in [-0.4, -0.2) is 20.5 Å². The summed E-state index contributed by atoms with van der Waals surface area (Å²) in [6.45, 7) is 8.60. The molecule has 0 saturated heterocycles. The third-order valence-electron chi connectivity index (χ3n) is 2.12. The number of esters is 1. The number of carbonyl (C=O) groups excluding carboxylic acids is 1. The number of rotatable bonds is 7. The minimum Gasteiger partial charge on any atom is -0.460 e. The molecule has 88 valence electrons. The van der Waals surface area contributed by atoms with Gasteiger partial charge in [-0.2, -0.15) is 0 Å². The van der Waals surface area contributed by atoms with Gasteiger partial charge >= 0.3 is 5.97 Å². The standard InChI is InChI=1S/C11H21FO2Si/c1-5-11(13)14-10(2)8-6-7-9-15(3,4)12/h5,10H,1,6-9H2,2-4H3. The first-order valence-electron chi connectivity index (χ1n) is 5.37. The minimum absolute atomic E-state index is 0.0973. The van der Waals surface area contributed by atoms with Gasteiger partial charge in [0, 0.05) is 6.08 Å². The van der Waals surface area contributed by atoms with Crippen LogP contribution in [0.1, 0.15) is 26.2 Å².